The van der Waals surface area contributed by atoms with Gasteiger partial charge in [-0.05, 0) is 13.3 Å². The molecule has 0 spiro atoms. The van der Waals surface area contributed by atoms with Crippen LogP contribution >= 0.6 is 7.82 Å². The van der Waals surface area contributed by atoms with Crippen LogP contribution in [0.3, 0.4) is 0 Å². The van der Waals surface area contributed by atoms with Gasteiger partial charge in [-0.2, -0.15) is 0 Å². The molecule has 0 radical (unpaired) electrons. The minimum atomic E-state index is -4.76. The maximum Gasteiger partial charge on any atom is 0.0596 e. The number of phosphoric acid groups is 1. The molecule has 0 unspecified atom stereocenters. The summed E-state index contributed by atoms with van der Waals surface area (Å²) in [6, 6.07) is 0. The second kappa shape index (κ2) is 7.42. The van der Waals surface area contributed by atoms with Crippen LogP contribution in [-0.2, 0) is 9.09 Å². The van der Waals surface area contributed by atoms with E-state index in [1.807, 2.05) is 0 Å². The van der Waals surface area contributed by atoms with Gasteiger partial charge in [0, 0.05) is 0 Å². The van der Waals surface area contributed by atoms with Crippen molar-refractivity contribution in [1.29, 1.82) is 0 Å². The van der Waals surface area contributed by atoms with E-state index in [2.05, 4.69) is 11.1 Å². The minimum Gasteiger partial charge on any atom is -0.790 e. The van der Waals surface area contributed by atoms with Crippen molar-refractivity contribution in [1.82, 2.24) is 12.3 Å². The van der Waals surface area contributed by atoms with Crippen LogP contribution in [0.25, 0.3) is 0 Å². The molecule has 7 heteroatoms. The lowest BCUT2D eigenvalue weighted by Crippen LogP contribution is -2.16. The van der Waals surface area contributed by atoms with Crippen molar-refractivity contribution >= 4 is 7.82 Å². The Morgan fingerprint density at radius 1 is 1.50 bits per heavy atom. The SMILES string of the molecule is C=C(C)CCOP(=O)([O-])[O-].[NH4+].[NH4+]. The monoisotopic (exact) mass is 200 g/mol. The fraction of sp³-hybridized carbons (Fsp3) is 0.600. The van der Waals surface area contributed by atoms with Crippen LogP contribution in [0.5, 0.6) is 0 Å². The van der Waals surface area contributed by atoms with E-state index in [4.69, 9.17) is 0 Å². The molecule has 6 nitrogen and oxygen atoms in total. The van der Waals surface area contributed by atoms with Gasteiger partial charge in [0.05, 0.1) is 14.4 Å². The Balaban J connectivity index is -0.000000405. The lowest BCUT2D eigenvalue weighted by atomic mass is 10.3. The molecule has 12 heavy (non-hydrogen) atoms. The van der Waals surface area contributed by atoms with Gasteiger partial charge in [0.1, 0.15) is 0 Å². The Morgan fingerprint density at radius 2 is 1.92 bits per heavy atom. The molecular weight excluding hydrogens is 183 g/mol. The van der Waals surface area contributed by atoms with Gasteiger partial charge in [-0.1, -0.05) is 5.57 Å². The van der Waals surface area contributed by atoms with E-state index in [0.29, 0.717) is 6.42 Å². The fourth-order valence-electron chi connectivity index (χ4n) is 0.332. The molecule has 0 amide bonds. The predicted molar refractivity (Wildman–Crippen MR) is 45.0 cm³/mol. The van der Waals surface area contributed by atoms with E-state index in [0.717, 1.165) is 5.57 Å². The van der Waals surface area contributed by atoms with E-state index >= 15 is 0 Å². The number of hydrogen-bond donors (Lipinski definition) is 2. The molecule has 0 aromatic heterocycles. The van der Waals surface area contributed by atoms with Gasteiger partial charge in [0.15, 0.2) is 0 Å². The first-order chi connectivity index (χ1) is 4.42. The van der Waals surface area contributed by atoms with Crippen molar-refractivity contribution in [2.75, 3.05) is 6.61 Å². The molecule has 0 aliphatic carbocycles. The van der Waals surface area contributed by atoms with Gasteiger partial charge >= 0.3 is 0 Å². The number of rotatable bonds is 4. The summed E-state index contributed by atoms with van der Waals surface area (Å²) >= 11 is 0. The van der Waals surface area contributed by atoms with Gasteiger partial charge in [0.25, 0.3) is 0 Å². The lowest BCUT2D eigenvalue weighted by molar-refractivity contribution is -0.341. The normalized spacial score (nSPS) is 9.58. The van der Waals surface area contributed by atoms with Gasteiger partial charge in [-0.3, -0.25) is 0 Å². The summed E-state index contributed by atoms with van der Waals surface area (Å²) in [5.41, 5.74) is 0.786. The molecule has 0 saturated carbocycles. The largest absolute Gasteiger partial charge is 0.790 e. The molecule has 0 saturated heterocycles. The third-order valence-electron chi connectivity index (χ3n) is 0.778. The van der Waals surface area contributed by atoms with Gasteiger partial charge in [-0.25, -0.2) is 0 Å². The highest BCUT2D eigenvalue weighted by molar-refractivity contribution is 7.43. The van der Waals surface area contributed by atoms with Gasteiger partial charge < -0.3 is 31.2 Å². The van der Waals surface area contributed by atoms with Crippen molar-refractivity contribution in [3.05, 3.63) is 12.2 Å². The molecule has 0 atom stereocenters. The lowest BCUT2D eigenvalue weighted by Gasteiger charge is -2.28. The van der Waals surface area contributed by atoms with Crippen molar-refractivity contribution in [2.45, 2.75) is 13.3 Å². The number of hydrogen-bond acceptors (Lipinski definition) is 4. The number of quaternary nitrogens is 2. The van der Waals surface area contributed by atoms with Gasteiger partial charge in [-0.15, -0.1) is 6.58 Å². The molecule has 0 fully saturated rings. The Labute approximate surface area is 72.0 Å². The zero-order valence-electron chi connectivity index (χ0n) is 7.70. The standard InChI is InChI=1S/C5H11O4P.2H3N/c1-5(2)3-4-9-10(6,7)8;;/h1,3-4H2,2H3,(H2,6,7,8);2*1H3. The molecule has 0 aromatic rings. The average Bonchev–Trinajstić information content (AvgIpc) is 1.59. The summed E-state index contributed by atoms with van der Waals surface area (Å²) in [6.07, 6.45) is 0.397. The van der Waals surface area contributed by atoms with Crippen LogP contribution in [0, 0.1) is 0 Å². The molecule has 0 aliphatic rings. The van der Waals surface area contributed by atoms with E-state index in [1.165, 1.54) is 0 Å². The summed E-state index contributed by atoms with van der Waals surface area (Å²) in [4.78, 5) is 19.7. The van der Waals surface area contributed by atoms with Crippen molar-refractivity contribution in [3.8, 4) is 0 Å². The Bertz CT molecular complexity index is 167. The zero-order valence-corrected chi connectivity index (χ0v) is 8.60. The topological polar surface area (TPSA) is 145 Å². The Kier molecular flexibility index (Phi) is 11.0. The predicted octanol–water partition coefficient (Wildman–Crippen LogP) is 0.550. The molecule has 0 bridgehead atoms. The highest BCUT2D eigenvalue weighted by atomic mass is 31.2. The molecule has 0 heterocycles. The smallest absolute Gasteiger partial charge is 0.0596 e. The maximum absolute atomic E-state index is 9.83. The first-order valence-electron chi connectivity index (χ1n) is 2.73. The summed E-state index contributed by atoms with van der Waals surface area (Å²) < 4.78 is 13.8. The van der Waals surface area contributed by atoms with Crippen molar-refractivity contribution < 1.29 is 18.9 Å². The average molecular weight is 200 g/mol. The van der Waals surface area contributed by atoms with E-state index in [-0.39, 0.29) is 18.9 Å². The van der Waals surface area contributed by atoms with Crippen LogP contribution in [0.15, 0.2) is 12.2 Å². The Morgan fingerprint density at radius 3 is 2.17 bits per heavy atom. The fourth-order valence-corrected chi connectivity index (χ4v) is 0.647. The third kappa shape index (κ3) is 16.4. The molecule has 0 aromatic carbocycles. The zero-order chi connectivity index (χ0) is 8.20. The summed E-state index contributed by atoms with van der Waals surface area (Å²) in [7, 11) is -4.76. The van der Waals surface area contributed by atoms with Crippen LogP contribution in [0.1, 0.15) is 13.3 Å². The van der Waals surface area contributed by atoms with Crippen molar-refractivity contribution in [2.24, 2.45) is 0 Å². The van der Waals surface area contributed by atoms with Crippen LogP contribution in [0.2, 0.25) is 0 Å². The first-order valence-corrected chi connectivity index (χ1v) is 4.19. The first kappa shape index (κ1) is 17.8. The van der Waals surface area contributed by atoms with E-state index in [1.54, 1.807) is 6.92 Å². The molecule has 8 N–H and O–H groups in total. The van der Waals surface area contributed by atoms with Crippen LogP contribution < -0.4 is 22.1 Å². The highest BCUT2D eigenvalue weighted by Crippen LogP contribution is 2.24. The Hall–Kier alpha value is -0.230. The maximum atomic E-state index is 9.83. The minimum absolute atomic E-state index is 0. The molecular formula is C5H17N2O4P. The molecule has 0 rings (SSSR count). The summed E-state index contributed by atoms with van der Waals surface area (Å²) in [5, 5.41) is 0. The summed E-state index contributed by atoms with van der Waals surface area (Å²) in [5.74, 6) is 0. The van der Waals surface area contributed by atoms with Crippen molar-refractivity contribution in [3.63, 3.8) is 0 Å². The van der Waals surface area contributed by atoms with Gasteiger partial charge in [0.2, 0.25) is 0 Å². The second-order valence-corrected chi connectivity index (χ2v) is 3.14. The number of phosphoric ester groups is 1. The van der Waals surface area contributed by atoms with Crippen LogP contribution in [0.4, 0.5) is 0 Å². The molecule has 0 aliphatic heterocycles. The summed E-state index contributed by atoms with van der Waals surface area (Å²) in [6.45, 7) is 5.13. The second-order valence-electron chi connectivity index (χ2n) is 1.99. The highest BCUT2D eigenvalue weighted by Gasteiger charge is 1.90. The third-order valence-corrected chi connectivity index (χ3v) is 1.28. The quantitative estimate of drug-likeness (QED) is 0.503. The van der Waals surface area contributed by atoms with E-state index in [9.17, 15) is 14.4 Å². The van der Waals surface area contributed by atoms with Crippen LogP contribution in [-0.4, -0.2) is 6.61 Å². The van der Waals surface area contributed by atoms with E-state index < -0.39 is 7.82 Å². The molecule has 76 valence electrons.